The Morgan fingerprint density at radius 1 is 1.25 bits per heavy atom. The quantitative estimate of drug-likeness (QED) is 0.433. The molecule has 20 heavy (non-hydrogen) atoms. The van der Waals surface area contributed by atoms with E-state index in [-0.39, 0.29) is 19.6 Å². The molecule has 0 radical (unpaired) electrons. The first-order valence-electron chi connectivity index (χ1n) is 6.50. The number of ether oxygens (including phenoxy) is 2. The van der Waals surface area contributed by atoms with E-state index in [1.165, 1.54) is 12.3 Å². The van der Waals surface area contributed by atoms with E-state index in [4.69, 9.17) is 9.47 Å². The van der Waals surface area contributed by atoms with Gasteiger partial charge in [0, 0.05) is 6.20 Å². The van der Waals surface area contributed by atoms with E-state index in [2.05, 4.69) is 11.6 Å². The van der Waals surface area contributed by atoms with E-state index in [1.807, 2.05) is 0 Å². The van der Waals surface area contributed by atoms with Gasteiger partial charge in [-0.3, -0.25) is 14.6 Å². The molecule has 1 aromatic rings. The smallest absolute Gasteiger partial charge is 0.330 e. The number of carbonyl (C=O) groups is 2. The van der Waals surface area contributed by atoms with Crippen molar-refractivity contribution in [3.8, 4) is 0 Å². The van der Waals surface area contributed by atoms with Gasteiger partial charge in [-0.2, -0.15) is 0 Å². The van der Waals surface area contributed by atoms with E-state index >= 15 is 0 Å². The van der Waals surface area contributed by atoms with E-state index in [1.54, 1.807) is 32.0 Å². The molecule has 0 N–H and O–H groups in total. The first kappa shape index (κ1) is 15.9. The number of allylic oxidation sites excluding steroid dienone is 1. The Bertz CT molecular complexity index is 452. The molecule has 5 heteroatoms. The second-order valence-corrected chi connectivity index (χ2v) is 4.05. The van der Waals surface area contributed by atoms with Crippen molar-refractivity contribution in [2.75, 3.05) is 13.2 Å². The van der Waals surface area contributed by atoms with E-state index in [9.17, 15) is 9.59 Å². The number of hydrogen-bond donors (Lipinski definition) is 0. The summed E-state index contributed by atoms with van der Waals surface area (Å²) in [5, 5.41) is 0. The number of rotatable bonds is 7. The Hall–Kier alpha value is -2.17. The van der Waals surface area contributed by atoms with Gasteiger partial charge in [-0.1, -0.05) is 12.1 Å². The van der Waals surface area contributed by atoms with E-state index in [0.29, 0.717) is 5.69 Å². The normalized spacial score (nSPS) is 10.7. The van der Waals surface area contributed by atoms with Crippen LogP contribution in [-0.4, -0.2) is 30.1 Å². The maximum absolute atomic E-state index is 12.4. The third-order valence-electron chi connectivity index (χ3n) is 2.80. The maximum atomic E-state index is 12.4. The number of nitrogens with zero attached hydrogens (tertiary/aromatic N) is 1. The Morgan fingerprint density at radius 2 is 1.85 bits per heavy atom. The SMILES string of the molecule is C=CCC(C(=O)OCC)(C(=O)OCC)c1ccccn1. The summed E-state index contributed by atoms with van der Waals surface area (Å²) in [6.45, 7) is 7.32. The molecule has 0 amide bonds. The van der Waals surface area contributed by atoms with Gasteiger partial charge in [0.1, 0.15) is 0 Å². The van der Waals surface area contributed by atoms with E-state index < -0.39 is 17.4 Å². The highest BCUT2D eigenvalue weighted by molar-refractivity contribution is 6.06. The number of esters is 2. The average molecular weight is 277 g/mol. The minimum absolute atomic E-state index is 0.0711. The van der Waals surface area contributed by atoms with Crippen molar-refractivity contribution in [1.29, 1.82) is 0 Å². The first-order chi connectivity index (χ1) is 9.63. The van der Waals surface area contributed by atoms with Gasteiger partial charge in [0.15, 0.2) is 0 Å². The van der Waals surface area contributed by atoms with Crippen LogP contribution < -0.4 is 0 Å². The first-order valence-corrected chi connectivity index (χ1v) is 6.50. The summed E-state index contributed by atoms with van der Waals surface area (Å²) in [4.78, 5) is 28.8. The molecule has 0 aliphatic rings. The van der Waals surface area contributed by atoms with Crippen LogP contribution in [0.15, 0.2) is 37.1 Å². The highest BCUT2D eigenvalue weighted by Crippen LogP contribution is 2.30. The van der Waals surface area contributed by atoms with Crippen LogP contribution >= 0.6 is 0 Å². The minimum atomic E-state index is -1.59. The maximum Gasteiger partial charge on any atom is 0.330 e. The van der Waals surface area contributed by atoms with Gasteiger partial charge in [0.2, 0.25) is 5.41 Å². The third-order valence-corrected chi connectivity index (χ3v) is 2.80. The molecule has 0 unspecified atom stereocenters. The zero-order valence-electron chi connectivity index (χ0n) is 11.8. The van der Waals surface area contributed by atoms with Crippen LogP contribution in [-0.2, 0) is 24.5 Å². The number of carbonyl (C=O) groups excluding carboxylic acids is 2. The molecule has 0 bridgehead atoms. The molecule has 108 valence electrons. The van der Waals surface area contributed by atoms with Crippen LogP contribution in [0.2, 0.25) is 0 Å². The van der Waals surface area contributed by atoms with Crippen molar-refractivity contribution in [3.63, 3.8) is 0 Å². The lowest BCUT2D eigenvalue weighted by Crippen LogP contribution is -2.46. The summed E-state index contributed by atoms with van der Waals surface area (Å²) in [5.41, 5.74) is -1.29. The van der Waals surface area contributed by atoms with Gasteiger partial charge in [-0.15, -0.1) is 6.58 Å². The fourth-order valence-electron chi connectivity index (χ4n) is 1.90. The molecule has 0 spiro atoms. The minimum Gasteiger partial charge on any atom is -0.465 e. The second-order valence-electron chi connectivity index (χ2n) is 4.05. The molecule has 0 atom stereocenters. The van der Waals surface area contributed by atoms with Gasteiger partial charge in [0.05, 0.1) is 18.9 Å². The van der Waals surface area contributed by atoms with Crippen LogP contribution in [0.1, 0.15) is 26.0 Å². The zero-order valence-corrected chi connectivity index (χ0v) is 11.8. The van der Waals surface area contributed by atoms with Crippen molar-refractivity contribution >= 4 is 11.9 Å². The highest BCUT2D eigenvalue weighted by Gasteiger charge is 2.50. The van der Waals surface area contributed by atoms with Crippen molar-refractivity contribution in [2.24, 2.45) is 0 Å². The van der Waals surface area contributed by atoms with Crippen LogP contribution in [0, 0.1) is 0 Å². The highest BCUT2D eigenvalue weighted by atomic mass is 16.6. The Morgan fingerprint density at radius 3 is 2.25 bits per heavy atom. The van der Waals surface area contributed by atoms with Gasteiger partial charge in [-0.05, 0) is 32.4 Å². The molecule has 0 aliphatic carbocycles. The number of pyridine rings is 1. The Labute approximate surface area is 118 Å². The fraction of sp³-hybridized carbons (Fsp3) is 0.400. The Balaban J connectivity index is 3.37. The van der Waals surface area contributed by atoms with Crippen molar-refractivity contribution in [1.82, 2.24) is 4.98 Å². The number of aromatic nitrogens is 1. The average Bonchev–Trinajstić information content (AvgIpc) is 2.46. The number of hydrogen-bond acceptors (Lipinski definition) is 5. The molecule has 0 saturated heterocycles. The van der Waals surface area contributed by atoms with Crippen LogP contribution in [0.3, 0.4) is 0 Å². The fourth-order valence-corrected chi connectivity index (χ4v) is 1.90. The molecule has 0 aliphatic heterocycles. The van der Waals surface area contributed by atoms with Crippen molar-refractivity contribution in [2.45, 2.75) is 25.7 Å². The predicted molar refractivity (Wildman–Crippen MR) is 74.0 cm³/mol. The summed E-state index contributed by atoms with van der Waals surface area (Å²) in [6, 6.07) is 5.02. The summed E-state index contributed by atoms with van der Waals surface area (Å²) in [6.07, 6.45) is 3.08. The van der Waals surface area contributed by atoms with Gasteiger partial charge < -0.3 is 9.47 Å². The predicted octanol–water partition coefficient (Wildman–Crippen LogP) is 2.02. The van der Waals surface area contributed by atoms with Crippen LogP contribution in [0.25, 0.3) is 0 Å². The van der Waals surface area contributed by atoms with E-state index in [0.717, 1.165) is 0 Å². The van der Waals surface area contributed by atoms with Crippen LogP contribution in [0.4, 0.5) is 0 Å². The molecule has 5 nitrogen and oxygen atoms in total. The standard InChI is InChI=1S/C15H19NO4/c1-4-10-15(13(17)19-5-2,14(18)20-6-3)12-9-7-8-11-16-12/h4,7-9,11H,1,5-6,10H2,2-3H3. The van der Waals surface area contributed by atoms with Gasteiger partial charge >= 0.3 is 11.9 Å². The summed E-state index contributed by atoms with van der Waals surface area (Å²) in [5.74, 6) is -1.34. The topological polar surface area (TPSA) is 65.5 Å². The lowest BCUT2D eigenvalue weighted by Gasteiger charge is -2.27. The lowest BCUT2D eigenvalue weighted by atomic mass is 9.80. The van der Waals surface area contributed by atoms with Gasteiger partial charge in [0.25, 0.3) is 0 Å². The molecule has 0 fully saturated rings. The Kier molecular flexibility index (Phi) is 5.90. The monoisotopic (exact) mass is 277 g/mol. The van der Waals surface area contributed by atoms with Gasteiger partial charge in [-0.25, -0.2) is 0 Å². The van der Waals surface area contributed by atoms with Crippen molar-refractivity contribution in [3.05, 3.63) is 42.7 Å². The third kappa shape index (κ3) is 3.04. The lowest BCUT2D eigenvalue weighted by molar-refractivity contribution is -0.165. The molecular weight excluding hydrogens is 258 g/mol. The zero-order chi connectivity index (χ0) is 15.0. The summed E-state index contributed by atoms with van der Waals surface area (Å²) in [7, 11) is 0. The largest absolute Gasteiger partial charge is 0.465 e. The van der Waals surface area contributed by atoms with Crippen LogP contribution in [0.5, 0.6) is 0 Å². The molecule has 1 heterocycles. The second kappa shape index (κ2) is 7.43. The molecule has 1 aromatic heterocycles. The molecular formula is C15H19NO4. The summed E-state index contributed by atoms with van der Waals surface area (Å²) < 4.78 is 10.1. The van der Waals surface area contributed by atoms with Crippen molar-refractivity contribution < 1.29 is 19.1 Å². The molecule has 0 aromatic carbocycles. The molecule has 0 saturated carbocycles. The summed E-state index contributed by atoms with van der Waals surface area (Å²) >= 11 is 0. The molecule has 1 rings (SSSR count).